The van der Waals surface area contributed by atoms with Gasteiger partial charge in [0, 0.05) is 52.0 Å². The van der Waals surface area contributed by atoms with Crippen molar-refractivity contribution in [2.24, 2.45) is 0 Å². The van der Waals surface area contributed by atoms with Crippen molar-refractivity contribution in [3.8, 4) is 5.75 Å². The summed E-state index contributed by atoms with van der Waals surface area (Å²) in [4.78, 5) is 27.6. The van der Waals surface area contributed by atoms with Crippen molar-refractivity contribution in [2.45, 2.75) is 20.0 Å². The number of aryl methyl sites for hydroxylation is 1. The SMILES string of the molecule is Cc1cc(N(C)C)nc(N2CCN(C(=O)C(C)Oc3ccccc3F)CC2)n1. The number of halogens is 1. The van der Waals surface area contributed by atoms with Gasteiger partial charge in [-0.1, -0.05) is 12.1 Å². The first-order valence-corrected chi connectivity index (χ1v) is 9.33. The van der Waals surface area contributed by atoms with Crippen LogP contribution in [0.4, 0.5) is 16.2 Å². The number of piperazine rings is 1. The number of ether oxygens (including phenoxy) is 1. The lowest BCUT2D eigenvalue weighted by Gasteiger charge is -2.36. The molecule has 1 amide bonds. The number of amides is 1. The lowest BCUT2D eigenvalue weighted by atomic mass is 10.2. The zero-order valence-electron chi connectivity index (χ0n) is 16.7. The molecule has 3 rings (SSSR count). The smallest absolute Gasteiger partial charge is 0.263 e. The van der Waals surface area contributed by atoms with Crippen LogP contribution in [0.1, 0.15) is 12.6 Å². The van der Waals surface area contributed by atoms with E-state index in [9.17, 15) is 9.18 Å². The molecule has 1 unspecified atom stereocenters. The predicted molar refractivity (Wildman–Crippen MR) is 106 cm³/mol. The van der Waals surface area contributed by atoms with Gasteiger partial charge >= 0.3 is 0 Å². The third-order valence-electron chi connectivity index (χ3n) is 4.65. The van der Waals surface area contributed by atoms with E-state index in [-0.39, 0.29) is 11.7 Å². The van der Waals surface area contributed by atoms with Crippen LogP contribution in [0.5, 0.6) is 5.75 Å². The third kappa shape index (κ3) is 4.49. The maximum Gasteiger partial charge on any atom is 0.263 e. The van der Waals surface area contributed by atoms with Gasteiger partial charge in [0.05, 0.1) is 0 Å². The minimum absolute atomic E-state index is 0.0892. The second kappa shape index (κ2) is 8.41. The van der Waals surface area contributed by atoms with Crippen molar-refractivity contribution < 1.29 is 13.9 Å². The van der Waals surface area contributed by atoms with Crippen molar-refractivity contribution in [1.29, 1.82) is 0 Å². The number of hydrogen-bond acceptors (Lipinski definition) is 6. The summed E-state index contributed by atoms with van der Waals surface area (Å²) in [6.07, 6.45) is -0.751. The summed E-state index contributed by atoms with van der Waals surface area (Å²) in [6, 6.07) is 8.04. The Labute approximate surface area is 164 Å². The molecule has 1 aliphatic heterocycles. The Morgan fingerprint density at radius 1 is 1.18 bits per heavy atom. The third-order valence-corrected chi connectivity index (χ3v) is 4.65. The molecule has 1 saturated heterocycles. The highest BCUT2D eigenvalue weighted by Crippen LogP contribution is 2.20. The molecular formula is C20H26FN5O2. The highest BCUT2D eigenvalue weighted by molar-refractivity contribution is 5.81. The standard InChI is InChI=1S/C20H26FN5O2/c1-14-13-18(24(3)4)23-20(22-14)26-11-9-25(10-12-26)19(27)15(2)28-17-8-6-5-7-16(17)21/h5-8,13,15H,9-12H2,1-4H3. The van der Waals surface area contributed by atoms with Gasteiger partial charge in [0.1, 0.15) is 5.82 Å². The molecule has 0 radical (unpaired) electrons. The predicted octanol–water partition coefficient (Wildman–Crippen LogP) is 2.11. The monoisotopic (exact) mass is 387 g/mol. The van der Waals surface area contributed by atoms with E-state index in [2.05, 4.69) is 14.9 Å². The zero-order chi connectivity index (χ0) is 20.3. The first-order valence-electron chi connectivity index (χ1n) is 9.33. The van der Waals surface area contributed by atoms with Crippen molar-refractivity contribution >= 4 is 17.7 Å². The molecular weight excluding hydrogens is 361 g/mol. The largest absolute Gasteiger partial charge is 0.478 e. The molecule has 0 bridgehead atoms. The Kier molecular flexibility index (Phi) is 5.96. The molecule has 2 heterocycles. The molecule has 0 spiro atoms. The van der Waals surface area contributed by atoms with E-state index in [4.69, 9.17) is 4.74 Å². The minimum Gasteiger partial charge on any atom is -0.478 e. The van der Waals surface area contributed by atoms with Gasteiger partial charge in [0.25, 0.3) is 5.91 Å². The maximum atomic E-state index is 13.7. The molecule has 2 aromatic rings. The van der Waals surface area contributed by atoms with E-state index in [0.29, 0.717) is 32.1 Å². The number of carbonyl (C=O) groups is 1. The molecule has 0 saturated carbocycles. The Balaban J connectivity index is 1.60. The summed E-state index contributed by atoms with van der Waals surface area (Å²) in [5.74, 6) is 0.994. The molecule has 1 aromatic heterocycles. The Bertz CT molecular complexity index is 837. The Morgan fingerprint density at radius 3 is 2.50 bits per heavy atom. The maximum absolute atomic E-state index is 13.7. The highest BCUT2D eigenvalue weighted by atomic mass is 19.1. The molecule has 8 heteroatoms. The van der Waals surface area contributed by atoms with Gasteiger partial charge in [-0.2, -0.15) is 4.98 Å². The molecule has 1 fully saturated rings. The molecule has 1 aromatic carbocycles. The summed E-state index contributed by atoms with van der Waals surface area (Å²) < 4.78 is 19.3. The normalized spacial score (nSPS) is 15.3. The molecule has 7 nitrogen and oxygen atoms in total. The summed E-state index contributed by atoms with van der Waals surface area (Å²) in [7, 11) is 3.89. The quantitative estimate of drug-likeness (QED) is 0.783. The first kappa shape index (κ1) is 19.9. The van der Waals surface area contributed by atoms with Gasteiger partial charge in [-0.05, 0) is 26.0 Å². The number of para-hydroxylation sites is 1. The van der Waals surface area contributed by atoms with Crippen LogP contribution in [0.2, 0.25) is 0 Å². The fraction of sp³-hybridized carbons (Fsp3) is 0.450. The van der Waals surface area contributed by atoms with E-state index in [1.165, 1.54) is 12.1 Å². The van der Waals surface area contributed by atoms with Crippen molar-refractivity contribution in [3.63, 3.8) is 0 Å². The fourth-order valence-corrected chi connectivity index (χ4v) is 3.07. The molecule has 150 valence electrons. The Hall–Kier alpha value is -2.90. The number of carbonyl (C=O) groups excluding carboxylic acids is 1. The summed E-state index contributed by atoms with van der Waals surface area (Å²) in [5, 5.41) is 0. The van der Waals surface area contributed by atoms with Crippen LogP contribution in [0.25, 0.3) is 0 Å². The van der Waals surface area contributed by atoms with Gasteiger partial charge in [-0.25, -0.2) is 9.37 Å². The molecule has 0 N–H and O–H groups in total. The second-order valence-electron chi connectivity index (χ2n) is 7.06. The number of aromatic nitrogens is 2. The lowest BCUT2D eigenvalue weighted by molar-refractivity contribution is -0.138. The number of anilines is 2. The van der Waals surface area contributed by atoms with E-state index in [0.717, 1.165) is 11.5 Å². The van der Waals surface area contributed by atoms with Gasteiger partial charge in [-0.15, -0.1) is 0 Å². The number of nitrogens with zero attached hydrogens (tertiary/aromatic N) is 5. The van der Waals surface area contributed by atoms with Gasteiger partial charge in [0.2, 0.25) is 5.95 Å². The van der Waals surface area contributed by atoms with Crippen LogP contribution in [0.15, 0.2) is 30.3 Å². The number of hydrogen-bond donors (Lipinski definition) is 0. The number of rotatable bonds is 5. The summed E-state index contributed by atoms with van der Waals surface area (Å²) in [6.45, 7) is 5.94. The van der Waals surface area contributed by atoms with Crippen LogP contribution in [0, 0.1) is 12.7 Å². The van der Waals surface area contributed by atoms with Crippen LogP contribution in [-0.2, 0) is 4.79 Å². The van der Waals surface area contributed by atoms with Crippen LogP contribution in [-0.4, -0.2) is 67.2 Å². The second-order valence-corrected chi connectivity index (χ2v) is 7.06. The van der Waals surface area contributed by atoms with Gasteiger partial charge in [-0.3, -0.25) is 4.79 Å². The molecule has 0 aliphatic carbocycles. The highest BCUT2D eigenvalue weighted by Gasteiger charge is 2.27. The first-order chi connectivity index (χ1) is 13.3. The summed E-state index contributed by atoms with van der Waals surface area (Å²) in [5.41, 5.74) is 0.902. The number of benzene rings is 1. The van der Waals surface area contributed by atoms with E-state index in [1.807, 2.05) is 32.0 Å². The van der Waals surface area contributed by atoms with Gasteiger partial charge in [0.15, 0.2) is 17.7 Å². The van der Waals surface area contributed by atoms with Crippen molar-refractivity contribution in [1.82, 2.24) is 14.9 Å². The van der Waals surface area contributed by atoms with Crippen molar-refractivity contribution in [3.05, 3.63) is 41.8 Å². The van der Waals surface area contributed by atoms with Gasteiger partial charge < -0.3 is 19.4 Å². The van der Waals surface area contributed by atoms with Crippen LogP contribution in [0.3, 0.4) is 0 Å². The molecule has 1 atom stereocenters. The van der Waals surface area contributed by atoms with E-state index < -0.39 is 11.9 Å². The van der Waals surface area contributed by atoms with E-state index in [1.54, 1.807) is 24.0 Å². The topological polar surface area (TPSA) is 61.8 Å². The average Bonchev–Trinajstić information content (AvgIpc) is 2.68. The minimum atomic E-state index is -0.751. The van der Waals surface area contributed by atoms with E-state index >= 15 is 0 Å². The molecule has 1 aliphatic rings. The summed E-state index contributed by atoms with van der Waals surface area (Å²) >= 11 is 0. The average molecular weight is 387 g/mol. The lowest BCUT2D eigenvalue weighted by Crippen LogP contribution is -2.52. The van der Waals surface area contributed by atoms with Crippen molar-refractivity contribution in [2.75, 3.05) is 50.1 Å². The Morgan fingerprint density at radius 2 is 1.86 bits per heavy atom. The fourth-order valence-electron chi connectivity index (χ4n) is 3.07. The van der Waals surface area contributed by atoms with Crippen LogP contribution >= 0.6 is 0 Å². The molecule has 28 heavy (non-hydrogen) atoms. The van der Waals surface area contributed by atoms with Crippen LogP contribution < -0.4 is 14.5 Å². The zero-order valence-corrected chi connectivity index (χ0v) is 16.7.